The first-order chi connectivity index (χ1) is 12.2. The Morgan fingerprint density at radius 1 is 1.31 bits per heavy atom. The fourth-order valence-electron chi connectivity index (χ4n) is 3.29. The summed E-state index contributed by atoms with van der Waals surface area (Å²) in [6, 6.07) is 5.89. The van der Waals surface area contributed by atoms with Gasteiger partial charge in [0.25, 0.3) is 0 Å². The largest absolute Gasteiger partial charge is 0.403 e. The Kier molecular flexibility index (Phi) is 3.65. The molecule has 4 nitrogen and oxygen atoms in total. The van der Waals surface area contributed by atoms with E-state index in [1.807, 2.05) is 0 Å². The van der Waals surface area contributed by atoms with Crippen molar-refractivity contribution in [1.82, 2.24) is 9.78 Å². The summed E-state index contributed by atoms with van der Waals surface area (Å²) in [5, 5.41) is 6.82. The van der Waals surface area contributed by atoms with Gasteiger partial charge in [-0.1, -0.05) is 12.1 Å². The number of nitrogens with one attached hydrogen (secondary N) is 1. The standard InChI is InChI=1S/C18H17F4N3O/c1-25-15(23-16(26)17(7-8-17)18(20,21)22)13(10-5-6-10)14(24-25)11-3-2-4-12(19)9-11/h2-4,9-10H,5-8H2,1H3,(H,23,26). The highest BCUT2D eigenvalue weighted by Crippen LogP contribution is 2.58. The zero-order chi connectivity index (χ0) is 18.7. The fourth-order valence-corrected chi connectivity index (χ4v) is 3.29. The topological polar surface area (TPSA) is 46.9 Å². The van der Waals surface area contributed by atoms with E-state index in [4.69, 9.17) is 0 Å². The quantitative estimate of drug-likeness (QED) is 0.815. The molecule has 1 heterocycles. The Bertz CT molecular complexity index is 879. The number of amides is 1. The van der Waals surface area contributed by atoms with E-state index in [0.29, 0.717) is 16.8 Å². The van der Waals surface area contributed by atoms with Gasteiger partial charge in [0.2, 0.25) is 5.91 Å². The predicted molar refractivity (Wildman–Crippen MR) is 86.9 cm³/mol. The minimum absolute atomic E-state index is 0.110. The molecule has 0 atom stereocenters. The smallest absolute Gasteiger partial charge is 0.310 e. The molecule has 0 bridgehead atoms. The van der Waals surface area contributed by atoms with Crippen LogP contribution in [-0.2, 0) is 11.8 Å². The minimum atomic E-state index is -4.57. The molecule has 1 aromatic carbocycles. The van der Waals surface area contributed by atoms with E-state index in [1.165, 1.54) is 16.8 Å². The zero-order valence-electron chi connectivity index (χ0n) is 14.0. The molecule has 2 aliphatic carbocycles. The van der Waals surface area contributed by atoms with E-state index in [-0.39, 0.29) is 24.6 Å². The molecule has 4 rings (SSSR count). The van der Waals surface area contributed by atoms with E-state index in [9.17, 15) is 22.4 Å². The van der Waals surface area contributed by atoms with Crippen molar-refractivity contribution in [2.45, 2.75) is 37.8 Å². The van der Waals surface area contributed by atoms with Crippen LogP contribution in [0.1, 0.15) is 37.2 Å². The van der Waals surface area contributed by atoms with E-state index in [1.54, 1.807) is 19.2 Å². The lowest BCUT2D eigenvalue weighted by molar-refractivity contribution is -0.189. The molecular formula is C18H17F4N3O. The third kappa shape index (κ3) is 2.68. The maximum atomic E-state index is 13.6. The van der Waals surface area contributed by atoms with Crippen molar-refractivity contribution in [2.24, 2.45) is 12.5 Å². The van der Waals surface area contributed by atoms with Gasteiger partial charge in [-0.05, 0) is 43.7 Å². The number of hydrogen-bond donors (Lipinski definition) is 1. The molecule has 1 aromatic heterocycles. The normalized spacial score (nSPS) is 18.7. The molecule has 138 valence electrons. The third-order valence-corrected chi connectivity index (χ3v) is 5.13. The summed E-state index contributed by atoms with van der Waals surface area (Å²) in [6.45, 7) is 0. The zero-order valence-corrected chi connectivity index (χ0v) is 14.0. The van der Waals surface area contributed by atoms with Crippen LogP contribution in [0.4, 0.5) is 23.4 Å². The van der Waals surface area contributed by atoms with Crippen LogP contribution in [0, 0.1) is 11.2 Å². The minimum Gasteiger partial charge on any atom is -0.310 e. The maximum Gasteiger partial charge on any atom is 0.403 e. The maximum absolute atomic E-state index is 13.6. The monoisotopic (exact) mass is 367 g/mol. The molecule has 0 aliphatic heterocycles. The van der Waals surface area contributed by atoms with E-state index in [0.717, 1.165) is 12.8 Å². The highest BCUT2D eigenvalue weighted by atomic mass is 19.4. The number of anilines is 1. The summed E-state index contributed by atoms with van der Waals surface area (Å²) in [5.74, 6) is -1.08. The van der Waals surface area contributed by atoms with Crippen LogP contribution in [0.25, 0.3) is 11.3 Å². The van der Waals surface area contributed by atoms with Crippen LogP contribution < -0.4 is 5.32 Å². The van der Waals surface area contributed by atoms with Crippen LogP contribution in [0.3, 0.4) is 0 Å². The van der Waals surface area contributed by atoms with Crippen molar-refractivity contribution >= 4 is 11.7 Å². The van der Waals surface area contributed by atoms with Crippen molar-refractivity contribution < 1.29 is 22.4 Å². The highest BCUT2D eigenvalue weighted by Gasteiger charge is 2.68. The van der Waals surface area contributed by atoms with E-state index < -0.39 is 23.3 Å². The highest BCUT2D eigenvalue weighted by molar-refractivity contribution is 5.98. The number of aryl methyl sites for hydroxylation is 1. The molecule has 2 fully saturated rings. The summed E-state index contributed by atoms with van der Waals surface area (Å²) in [6.07, 6.45) is -3.24. The molecule has 2 aliphatic rings. The molecule has 0 spiro atoms. The number of benzene rings is 1. The average Bonchev–Trinajstić information content (AvgIpc) is 3.45. The fraction of sp³-hybridized carbons (Fsp3) is 0.444. The van der Waals surface area contributed by atoms with Gasteiger partial charge in [-0.15, -0.1) is 0 Å². The van der Waals surface area contributed by atoms with Crippen molar-refractivity contribution in [3.05, 3.63) is 35.6 Å². The number of hydrogen-bond acceptors (Lipinski definition) is 2. The lowest BCUT2D eigenvalue weighted by atomic mass is 10.0. The number of nitrogens with zero attached hydrogens (tertiary/aromatic N) is 2. The van der Waals surface area contributed by atoms with Gasteiger partial charge in [0.05, 0.1) is 5.69 Å². The molecule has 0 saturated heterocycles. The molecule has 0 unspecified atom stereocenters. The molecular weight excluding hydrogens is 350 g/mol. The summed E-state index contributed by atoms with van der Waals surface area (Å²) < 4.78 is 54.6. The molecule has 2 saturated carbocycles. The summed E-state index contributed by atoms with van der Waals surface area (Å²) in [7, 11) is 1.57. The SMILES string of the molecule is Cn1nc(-c2cccc(F)c2)c(C2CC2)c1NC(=O)C1(C(F)(F)F)CC1. The van der Waals surface area contributed by atoms with Crippen LogP contribution >= 0.6 is 0 Å². The number of carbonyl (C=O) groups excluding carboxylic acids is 1. The Balaban J connectivity index is 1.72. The first-order valence-electron chi connectivity index (χ1n) is 8.44. The van der Waals surface area contributed by atoms with Crippen molar-refractivity contribution in [3.8, 4) is 11.3 Å². The second-order valence-electron chi connectivity index (χ2n) is 7.05. The van der Waals surface area contributed by atoms with Gasteiger partial charge in [0.15, 0.2) is 0 Å². The molecule has 8 heteroatoms. The lowest BCUT2D eigenvalue weighted by Gasteiger charge is -2.19. The second kappa shape index (κ2) is 5.56. The molecule has 2 aromatic rings. The number of alkyl halides is 3. The van der Waals surface area contributed by atoms with Crippen molar-refractivity contribution in [3.63, 3.8) is 0 Å². The van der Waals surface area contributed by atoms with Crippen LogP contribution in [0.15, 0.2) is 24.3 Å². The van der Waals surface area contributed by atoms with Gasteiger partial charge in [0.1, 0.15) is 17.1 Å². The van der Waals surface area contributed by atoms with Crippen LogP contribution in [0.2, 0.25) is 0 Å². The van der Waals surface area contributed by atoms with Gasteiger partial charge in [-0.3, -0.25) is 9.48 Å². The Morgan fingerprint density at radius 3 is 2.54 bits per heavy atom. The third-order valence-electron chi connectivity index (χ3n) is 5.13. The van der Waals surface area contributed by atoms with Crippen LogP contribution in [0.5, 0.6) is 0 Å². The first-order valence-corrected chi connectivity index (χ1v) is 8.44. The van der Waals surface area contributed by atoms with Gasteiger partial charge >= 0.3 is 6.18 Å². The summed E-state index contributed by atoms with van der Waals surface area (Å²) >= 11 is 0. The van der Waals surface area contributed by atoms with E-state index in [2.05, 4.69) is 10.4 Å². The summed E-state index contributed by atoms with van der Waals surface area (Å²) in [4.78, 5) is 12.4. The van der Waals surface area contributed by atoms with Crippen molar-refractivity contribution in [2.75, 3.05) is 5.32 Å². The Labute approximate surface area is 147 Å². The molecule has 1 amide bonds. The number of halogens is 4. The van der Waals surface area contributed by atoms with E-state index >= 15 is 0 Å². The van der Waals surface area contributed by atoms with Crippen LogP contribution in [-0.4, -0.2) is 21.9 Å². The molecule has 26 heavy (non-hydrogen) atoms. The molecule has 0 radical (unpaired) electrons. The number of rotatable bonds is 4. The lowest BCUT2D eigenvalue weighted by Crippen LogP contribution is -2.37. The number of aromatic nitrogens is 2. The van der Waals surface area contributed by atoms with Gasteiger partial charge in [-0.2, -0.15) is 18.3 Å². The average molecular weight is 367 g/mol. The predicted octanol–water partition coefficient (Wildman–Crippen LogP) is 4.38. The van der Waals surface area contributed by atoms with Gasteiger partial charge in [-0.25, -0.2) is 4.39 Å². The Hall–Kier alpha value is -2.38. The van der Waals surface area contributed by atoms with Crippen molar-refractivity contribution in [1.29, 1.82) is 0 Å². The van der Waals surface area contributed by atoms with Gasteiger partial charge < -0.3 is 5.32 Å². The Morgan fingerprint density at radius 2 is 2.00 bits per heavy atom. The second-order valence-corrected chi connectivity index (χ2v) is 7.05. The summed E-state index contributed by atoms with van der Waals surface area (Å²) in [5.41, 5.74) is -0.567. The first kappa shape index (κ1) is 17.1. The number of carbonyl (C=O) groups is 1. The van der Waals surface area contributed by atoms with Gasteiger partial charge in [0, 0.05) is 18.2 Å². The molecule has 1 N–H and O–H groups in total.